The van der Waals surface area contributed by atoms with Gasteiger partial charge in [-0.25, -0.2) is 9.15 Å². The smallest absolute Gasteiger partial charge is 0.324 e. The summed E-state index contributed by atoms with van der Waals surface area (Å²) in [6.45, 7) is 0. The van der Waals surface area contributed by atoms with Gasteiger partial charge in [0.15, 0.2) is 0 Å². The molecule has 0 aliphatic carbocycles. The van der Waals surface area contributed by atoms with Crippen molar-refractivity contribution in [3.8, 4) is 0 Å². The average molecular weight is 136 g/mol. The van der Waals surface area contributed by atoms with Crippen LogP contribution in [-0.4, -0.2) is 18.1 Å². The minimum Gasteiger partial charge on any atom is -0.324 e. The highest BCUT2D eigenvalue weighted by Gasteiger charge is 2.97. The largest absolute Gasteiger partial charge is 0.689 e. The monoisotopic (exact) mass is 136 g/mol. The zero-order valence-corrected chi connectivity index (χ0v) is 5.04. The van der Waals surface area contributed by atoms with Crippen LogP contribution in [0.1, 0.15) is 0 Å². The van der Waals surface area contributed by atoms with Crippen molar-refractivity contribution in [2.45, 2.75) is 0 Å². The molecule has 6 saturated heterocycles. The minimum atomic E-state index is -2.42. The topological polar surface area (TPSA) is 46.2 Å². The van der Waals surface area contributed by atoms with Gasteiger partial charge in [0.25, 0.3) is 0 Å². The van der Waals surface area contributed by atoms with Crippen molar-refractivity contribution in [2.24, 2.45) is 0 Å². The van der Waals surface area contributed by atoms with Gasteiger partial charge in [0, 0.05) is 0 Å². The van der Waals surface area contributed by atoms with Gasteiger partial charge < -0.3 is 12.3 Å². The number of hydrogen-bond donors (Lipinski definition) is 0. The van der Waals surface area contributed by atoms with Crippen LogP contribution in [-0.2, 0) is 21.5 Å². The van der Waals surface area contributed by atoms with Gasteiger partial charge in [0.1, 0.15) is 0 Å². The van der Waals surface area contributed by atoms with E-state index in [0.717, 1.165) is 0 Å². The van der Waals surface area contributed by atoms with E-state index in [4.69, 9.17) is 12.3 Å². The second-order valence-corrected chi connectivity index (χ2v) is 6.26. The SMILES string of the molecule is O1O[Si]23O[Si]1(O2)O3. The lowest BCUT2D eigenvalue weighted by atomic mass is 14.9. The van der Waals surface area contributed by atoms with Gasteiger partial charge in [-0.1, -0.05) is 0 Å². The Hall–Kier alpha value is 0.234. The Labute approximate surface area is 40.6 Å². The van der Waals surface area contributed by atoms with Crippen molar-refractivity contribution in [3.05, 3.63) is 0 Å². The third kappa shape index (κ3) is 0.175. The van der Waals surface area contributed by atoms with Crippen LogP contribution in [0.4, 0.5) is 0 Å². The van der Waals surface area contributed by atoms with E-state index in [0.29, 0.717) is 0 Å². The minimum absolute atomic E-state index is 2.42. The maximum atomic E-state index is 4.90. The van der Waals surface area contributed by atoms with Crippen LogP contribution < -0.4 is 0 Å². The van der Waals surface area contributed by atoms with Crippen molar-refractivity contribution in [1.82, 2.24) is 0 Å². The molecule has 38 valence electrons. The first-order valence-electron chi connectivity index (χ1n) is 1.80. The van der Waals surface area contributed by atoms with Crippen LogP contribution in [0.25, 0.3) is 0 Å². The Balaban J connectivity index is 2.24. The molecule has 0 aromatic heterocycles. The lowest BCUT2D eigenvalue weighted by Gasteiger charge is -2.44. The molecule has 6 rings (SSSR count). The second-order valence-electron chi connectivity index (χ2n) is 1.47. The van der Waals surface area contributed by atoms with Gasteiger partial charge in [-0.15, -0.1) is 0 Å². The first-order valence-corrected chi connectivity index (χ1v) is 5.07. The second kappa shape index (κ2) is 0.575. The Morgan fingerprint density at radius 2 is 1.14 bits per heavy atom. The summed E-state index contributed by atoms with van der Waals surface area (Å²) in [5, 5.41) is 0. The van der Waals surface area contributed by atoms with E-state index < -0.39 is 18.1 Å². The zero-order valence-electron chi connectivity index (χ0n) is 3.04. The Kier molecular flexibility index (Phi) is 0.271. The average Bonchev–Trinajstić information content (AvgIpc) is 1.68. The normalized spacial score (nSPS) is 72.0. The molecule has 6 heterocycles. The summed E-state index contributed by atoms with van der Waals surface area (Å²) in [7, 11) is -4.85. The van der Waals surface area contributed by atoms with Crippen LogP contribution >= 0.6 is 0 Å². The predicted octanol–water partition coefficient (Wildman–Crippen LogP) is -1.10. The molecule has 7 heavy (non-hydrogen) atoms. The van der Waals surface area contributed by atoms with E-state index in [2.05, 4.69) is 9.15 Å². The van der Waals surface area contributed by atoms with Crippen LogP contribution in [0.2, 0.25) is 0 Å². The molecule has 5 nitrogen and oxygen atoms in total. The maximum absolute atomic E-state index is 4.90. The quantitative estimate of drug-likeness (QED) is 0.312. The molecule has 0 saturated carbocycles. The van der Waals surface area contributed by atoms with E-state index in [1.807, 2.05) is 0 Å². The van der Waals surface area contributed by atoms with Crippen molar-refractivity contribution >= 4 is 18.1 Å². The number of rotatable bonds is 0. The van der Waals surface area contributed by atoms with Gasteiger partial charge >= 0.3 is 18.1 Å². The highest BCUT2D eigenvalue weighted by atomic mass is 28.6. The van der Waals surface area contributed by atoms with E-state index in [1.165, 1.54) is 0 Å². The van der Waals surface area contributed by atoms with Crippen molar-refractivity contribution in [3.63, 3.8) is 0 Å². The molecule has 0 aromatic rings. The predicted molar refractivity (Wildman–Crippen MR) is 16.9 cm³/mol. The molecule has 0 radical (unpaired) electrons. The Bertz CT molecular complexity index is 95.2. The summed E-state index contributed by atoms with van der Waals surface area (Å²) in [5.41, 5.74) is 0. The zero-order chi connectivity index (χ0) is 4.54. The van der Waals surface area contributed by atoms with E-state index in [9.17, 15) is 0 Å². The molecule has 0 amide bonds. The summed E-state index contributed by atoms with van der Waals surface area (Å²) in [5.74, 6) is 0. The van der Waals surface area contributed by atoms with Crippen molar-refractivity contribution in [2.75, 3.05) is 0 Å². The van der Waals surface area contributed by atoms with Crippen LogP contribution in [0.15, 0.2) is 0 Å². The van der Waals surface area contributed by atoms with E-state index in [1.54, 1.807) is 0 Å². The first-order chi connectivity index (χ1) is 3.33. The van der Waals surface area contributed by atoms with Crippen molar-refractivity contribution in [1.29, 1.82) is 0 Å². The lowest BCUT2D eigenvalue weighted by molar-refractivity contribution is -0.0859. The first kappa shape index (κ1) is 3.30. The van der Waals surface area contributed by atoms with Gasteiger partial charge in [0.2, 0.25) is 0 Å². The summed E-state index contributed by atoms with van der Waals surface area (Å²) in [6, 6.07) is 0. The molecule has 7 heteroatoms. The molecular weight excluding hydrogens is 136 g/mol. The maximum Gasteiger partial charge on any atom is 0.689 e. The summed E-state index contributed by atoms with van der Waals surface area (Å²) in [4.78, 5) is 0. The molecular formula is O5Si2. The van der Waals surface area contributed by atoms with Crippen LogP contribution in [0.3, 0.4) is 0 Å². The highest BCUT2D eigenvalue weighted by molar-refractivity contribution is 6.98. The molecule has 2 bridgehead atoms. The van der Waals surface area contributed by atoms with Crippen molar-refractivity contribution < 1.29 is 21.5 Å². The Morgan fingerprint density at radius 1 is 0.714 bits per heavy atom. The molecule has 6 fully saturated rings. The highest BCUT2D eigenvalue weighted by Crippen LogP contribution is 2.54. The number of hydrogen-bond acceptors (Lipinski definition) is 5. The molecule has 6 aliphatic rings. The summed E-state index contributed by atoms with van der Waals surface area (Å²) < 4.78 is 23.7. The molecule has 0 spiro atoms. The fraction of sp³-hybridized carbons (Fsp3) is 0. The van der Waals surface area contributed by atoms with Gasteiger partial charge in [-0.05, 0) is 0 Å². The van der Waals surface area contributed by atoms with Gasteiger partial charge in [-0.3, -0.25) is 0 Å². The van der Waals surface area contributed by atoms with E-state index in [-0.39, 0.29) is 0 Å². The molecule has 0 atom stereocenters. The van der Waals surface area contributed by atoms with Gasteiger partial charge in [-0.2, -0.15) is 0 Å². The summed E-state index contributed by atoms with van der Waals surface area (Å²) in [6.07, 6.45) is 0. The fourth-order valence-corrected chi connectivity index (χ4v) is 6.18. The van der Waals surface area contributed by atoms with Crippen LogP contribution in [0.5, 0.6) is 0 Å². The third-order valence-corrected chi connectivity index (χ3v) is 7.74. The summed E-state index contributed by atoms with van der Waals surface area (Å²) >= 11 is 0. The third-order valence-electron chi connectivity index (χ3n) is 0.996. The standard InChI is InChI=1S/O5Si2/c1-2-7-3-6(1,4-7)5-7. The fourth-order valence-electron chi connectivity index (χ4n) is 0.686. The van der Waals surface area contributed by atoms with Crippen LogP contribution in [0, 0.1) is 0 Å². The van der Waals surface area contributed by atoms with Gasteiger partial charge in [0.05, 0.1) is 0 Å². The lowest BCUT2D eigenvalue weighted by Crippen LogP contribution is -2.82. The molecule has 6 aliphatic heterocycles. The molecule has 0 aromatic carbocycles. The molecule has 0 unspecified atom stereocenters. The van der Waals surface area contributed by atoms with E-state index >= 15 is 0 Å². The Morgan fingerprint density at radius 3 is 1.29 bits per heavy atom. The molecule has 0 N–H and O–H groups in total.